The molecule has 0 radical (unpaired) electrons. The van der Waals surface area contributed by atoms with E-state index in [1.807, 2.05) is 77.5 Å². The molecule has 0 bridgehead atoms. The predicted octanol–water partition coefficient (Wildman–Crippen LogP) is 5.14. The molecule has 3 aromatic rings. The molecule has 1 aromatic carbocycles. The van der Waals surface area contributed by atoms with Crippen LogP contribution in [0.3, 0.4) is 0 Å². The Hall–Kier alpha value is -3.53. The number of aryl methyl sites for hydroxylation is 2. The zero-order valence-electron chi connectivity index (χ0n) is 21.4. The van der Waals surface area contributed by atoms with Gasteiger partial charge in [0, 0.05) is 40.2 Å². The summed E-state index contributed by atoms with van der Waals surface area (Å²) in [4.78, 5) is 22.3. The summed E-state index contributed by atoms with van der Waals surface area (Å²) in [6.45, 7) is 12.1. The second-order valence-corrected chi connectivity index (χ2v) is 7.10. The van der Waals surface area contributed by atoms with E-state index in [0.717, 1.165) is 27.7 Å². The summed E-state index contributed by atoms with van der Waals surface area (Å²) < 4.78 is 1.97. The molecule has 1 unspecified atom stereocenters. The first kappa shape index (κ1) is 27.5. The molecular weight excluding hydrogens is 412 g/mol. The van der Waals surface area contributed by atoms with Crippen molar-refractivity contribution >= 4 is 28.6 Å². The molecule has 3 rings (SSSR count). The molecule has 0 aliphatic heterocycles. The molecule has 0 spiro atoms. The molecule has 2 aromatic heterocycles. The average Bonchev–Trinajstić information content (AvgIpc) is 3.23. The number of nitrogens with one attached hydrogen (secondary N) is 2. The molecule has 0 aliphatic carbocycles. The number of rotatable bonds is 6. The zero-order chi connectivity index (χ0) is 25.1. The summed E-state index contributed by atoms with van der Waals surface area (Å²) in [5.41, 5.74) is 4.76. The highest BCUT2D eigenvalue weighted by molar-refractivity contribution is 5.91. The average molecular weight is 451 g/mol. The maximum atomic E-state index is 11.5. The maximum absolute atomic E-state index is 11.5. The Morgan fingerprint density at radius 2 is 1.91 bits per heavy atom. The van der Waals surface area contributed by atoms with Gasteiger partial charge in [0.2, 0.25) is 5.91 Å². The van der Waals surface area contributed by atoms with Crippen LogP contribution in [0.5, 0.6) is 0 Å². The normalized spacial score (nSPS) is 10.7. The molecule has 0 saturated heterocycles. The Morgan fingerprint density at radius 1 is 1.24 bits per heavy atom. The number of imidazole rings is 1. The van der Waals surface area contributed by atoms with Crippen LogP contribution < -0.4 is 10.6 Å². The van der Waals surface area contributed by atoms with Crippen LogP contribution in [0.4, 0.5) is 11.6 Å². The van der Waals surface area contributed by atoms with Gasteiger partial charge in [-0.25, -0.2) is 9.97 Å². The summed E-state index contributed by atoms with van der Waals surface area (Å²) in [6, 6.07) is 7.58. The maximum Gasteiger partial charge on any atom is 0.219 e. The Bertz CT molecular complexity index is 1100. The molecule has 0 saturated carbocycles. The summed E-state index contributed by atoms with van der Waals surface area (Å²) in [5.74, 6) is 4.24. The Morgan fingerprint density at radius 3 is 2.48 bits per heavy atom. The van der Waals surface area contributed by atoms with Gasteiger partial charge in [-0.05, 0) is 18.1 Å². The first-order chi connectivity index (χ1) is 15.8. The molecule has 0 aliphatic rings. The number of anilines is 2. The number of fused-ring (bicyclic) bond motifs is 1. The molecule has 1 atom stereocenters. The highest BCUT2D eigenvalue weighted by Crippen LogP contribution is 2.30. The minimum Gasteiger partial charge on any atom is -0.371 e. The highest BCUT2D eigenvalue weighted by Gasteiger charge is 2.17. The first-order valence-corrected chi connectivity index (χ1v) is 11.4. The van der Waals surface area contributed by atoms with E-state index in [9.17, 15) is 4.79 Å². The van der Waals surface area contributed by atoms with Gasteiger partial charge in [0.25, 0.3) is 0 Å². The van der Waals surface area contributed by atoms with Crippen LogP contribution in [-0.4, -0.2) is 39.4 Å². The van der Waals surface area contributed by atoms with E-state index in [2.05, 4.69) is 21.5 Å². The number of carbonyl (C=O) groups excluding carboxylic acids is 1. The van der Waals surface area contributed by atoms with Gasteiger partial charge >= 0.3 is 0 Å². The van der Waals surface area contributed by atoms with Gasteiger partial charge in [-0.3, -0.25) is 4.79 Å². The first-order valence-electron chi connectivity index (χ1n) is 11.4. The molecule has 2 N–H and O–H groups in total. The lowest BCUT2D eigenvalue weighted by molar-refractivity contribution is -0.128. The van der Waals surface area contributed by atoms with Crippen LogP contribution in [-0.2, 0) is 18.4 Å². The molecule has 2 heterocycles. The summed E-state index contributed by atoms with van der Waals surface area (Å²) in [7, 11) is 5.56. The second-order valence-electron chi connectivity index (χ2n) is 7.10. The third-order valence-electron chi connectivity index (χ3n) is 5.02. The molecule has 1 amide bonds. The standard InChI is InChI=1S/C22H26N6O.2C2H6/c1-7-18(17-10-8-9-16(11-17)12-27(5)15(3)29)25-21-14(2)20-19(22(23-4)26-21)24-13-28(20)6;2*1-2/h1,8-11,13,18H,12H2,2-6H3,(H2,23,25,26);2*1-2H3. The fraction of sp³-hybridized carbons (Fsp3) is 0.423. The van der Waals surface area contributed by atoms with Gasteiger partial charge in [0.1, 0.15) is 17.4 Å². The van der Waals surface area contributed by atoms with E-state index in [-0.39, 0.29) is 11.9 Å². The number of benzene rings is 1. The molecule has 7 nitrogen and oxygen atoms in total. The fourth-order valence-corrected chi connectivity index (χ4v) is 3.34. The zero-order valence-corrected chi connectivity index (χ0v) is 21.4. The van der Waals surface area contributed by atoms with E-state index in [0.29, 0.717) is 18.2 Å². The SMILES string of the molecule is C#CC(Nc1nc(NC)c2ncn(C)c2c1C)c1cccc(CN(C)C(C)=O)c1.CC.CC. The number of carbonyl (C=O) groups is 1. The predicted molar refractivity (Wildman–Crippen MR) is 139 cm³/mol. The topological polar surface area (TPSA) is 75.1 Å². The minimum atomic E-state index is -0.362. The van der Waals surface area contributed by atoms with E-state index < -0.39 is 0 Å². The summed E-state index contributed by atoms with van der Waals surface area (Å²) in [6.07, 6.45) is 7.63. The Labute approximate surface area is 198 Å². The number of hydrogen-bond donors (Lipinski definition) is 2. The van der Waals surface area contributed by atoms with Gasteiger partial charge in [-0.2, -0.15) is 0 Å². The van der Waals surface area contributed by atoms with Crippen molar-refractivity contribution < 1.29 is 4.79 Å². The van der Waals surface area contributed by atoms with Crippen LogP contribution >= 0.6 is 0 Å². The van der Waals surface area contributed by atoms with Gasteiger partial charge in [-0.15, -0.1) is 6.42 Å². The van der Waals surface area contributed by atoms with Crippen molar-refractivity contribution in [1.29, 1.82) is 0 Å². The summed E-state index contributed by atoms with van der Waals surface area (Å²) in [5, 5.41) is 6.50. The second kappa shape index (κ2) is 13.1. The van der Waals surface area contributed by atoms with E-state index >= 15 is 0 Å². The largest absolute Gasteiger partial charge is 0.371 e. The molecule has 7 heteroatoms. The fourth-order valence-electron chi connectivity index (χ4n) is 3.34. The van der Waals surface area contributed by atoms with E-state index in [4.69, 9.17) is 11.4 Å². The van der Waals surface area contributed by atoms with Crippen molar-refractivity contribution in [1.82, 2.24) is 19.4 Å². The third kappa shape index (κ3) is 6.48. The lowest BCUT2D eigenvalue weighted by Crippen LogP contribution is -2.23. The molecule has 0 fully saturated rings. The van der Waals surface area contributed by atoms with E-state index in [1.165, 1.54) is 0 Å². The smallest absolute Gasteiger partial charge is 0.219 e. The van der Waals surface area contributed by atoms with Crippen LogP contribution in [0.1, 0.15) is 57.4 Å². The molecule has 33 heavy (non-hydrogen) atoms. The highest BCUT2D eigenvalue weighted by atomic mass is 16.2. The number of aromatic nitrogens is 3. The number of hydrogen-bond acceptors (Lipinski definition) is 5. The lowest BCUT2D eigenvalue weighted by atomic mass is 10.0. The van der Waals surface area contributed by atoms with Crippen LogP contribution in [0.25, 0.3) is 11.0 Å². The lowest BCUT2D eigenvalue weighted by Gasteiger charge is -2.19. The van der Waals surface area contributed by atoms with Gasteiger partial charge < -0.3 is 20.1 Å². The minimum absolute atomic E-state index is 0.0194. The van der Waals surface area contributed by atoms with Crippen molar-refractivity contribution in [2.24, 2.45) is 7.05 Å². The van der Waals surface area contributed by atoms with Gasteiger partial charge in [0.15, 0.2) is 5.82 Å². The van der Waals surface area contributed by atoms with Crippen molar-refractivity contribution in [2.45, 2.75) is 54.1 Å². The van der Waals surface area contributed by atoms with Crippen LogP contribution in [0, 0.1) is 19.3 Å². The molecule has 178 valence electrons. The van der Waals surface area contributed by atoms with Gasteiger partial charge in [0.05, 0.1) is 11.8 Å². The van der Waals surface area contributed by atoms with Crippen LogP contribution in [0.2, 0.25) is 0 Å². The Balaban J connectivity index is 0.00000129. The third-order valence-corrected chi connectivity index (χ3v) is 5.02. The number of amides is 1. The van der Waals surface area contributed by atoms with Crippen molar-refractivity contribution in [3.8, 4) is 12.3 Å². The van der Waals surface area contributed by atoms with E-state index in [1.54, 1.807) is 25.2 Å². The quantitative estimate of drug-likeness (QED) is 0.509. The van der Waals surface area contributed by atoms with Crippen molar-refractivity contribution in [3.05, 3.63) is 47.3 Å². The Kier molecular flexibility index (Phi) is 10.9. The monoisotopic (exact) mass is 450 g/mol. The number of nitrogens with zero attached hydrogens (tertiary/aromatic N) is 4. The van der Waals surface area contributed by atoms with Crippen LogP contribution in [0.15, 0.2) is 30.6 Å². The van der Waals surface area contributed by atoms with Crippen molar-refractivity contribution in [3.63, 3.8) is 0 Å². The van der Waals surface area contributed by atoms with Crippen molar-refractivity contribution in [2.75, 3.05) is 24.7 Å². The number of terminal acetylenes is 1. The van der Waals surface area contributed by atoms with Gasteiger partial charge in [-0.1, -0.05) is 57.9 Å². The molecular formula is C26H38N6O. The number of pyridine rings is 1. The summed E-state index contributed by atoms with van der Waals surface area (Å²) >= 11 is 0.